The van der Waals surface area contributed by atoms with Gasteiger partial charge in [0, 0.05) is 5.56 Å². The van der Waals surface area contributed by atoms with E-state index in [0.717, 1.165) is 25.3 Å². The maximum absolute atomic E-state index is 12.7. The number of halogens is 3. The lowest BCUT2D eigenvalue weighted by atomic mass is 9.93. The van der Waals surface area contributed by atoms with E-state index in [1.54, 1.807) is 0 Å². The molecular formula is C11H10F3O5-. The van der Waals surface area contributed by atoms with E-state index in [-0.39, 0.29) is 11.5 Å². The van der Waals surface area contributed by atoms with Crippen molar-refractivity contribution in [1.29, 1.82) is 0 Å². The summed E-state index contributed by atoms with van der Waals surface area (Å²) in [5, 5.41) is 20.1. The number of hydrogen-bond donors (Lipinski definition) is 1. The number of hydrogen-bond acceptors (Lipinski definition) is 5. The molecule has 1 aromatic carbocycles. The molecule has 0 spiro atoms. The standard InChI is InChI=1S/C11H11F3O5/c1-18-7-4-3-6(5-8(7)19-2)10(17,9(15)16)11(12,13)14/h3-5,17H,1-2H3,(H,15,16)/p-1/t10-/m0/s1. The van der Waals surface area contributed by atoms with Crippen molar-refractivity contribution in [2.45, 2.75) is 11.8 Å². The predicted molar refractivity (Wildman–Crippen MR) is 54.5 cm³/mol. The normalized spacial score (nSPS) is 14.6. The highest BCUT2D eigenvalue weighted by Crippen LogP contribution is 2.41. The average molecular weight is 279 g/mol. The number of aliphatic hydroxyl groups is 1. The number of methoxy groups -OCH3 is 2. The van der Waals surface area contributed by atoms with Crippen molar-refractivity contribution in [2.24, 2.45) is 0 Å². The van der Waals surface area contributed by atoms with Crippen LogP contribution in [-0.4, -0.2) is 31.5 Å². The molecule has 8 heteroatoms. The maximum Gasteiger partial charge on any atom is 0.426 e. The third-order valence-corrected chi connectivity index (χ3v) is 2.51. The van der Waals surface area contributed by atoms with Gasteiger partial charge in [-0.1, -0.05) is 6.07 Å². The van der Waals surface area contributed by atoms with Crippen molar-refractivity contribution in [3.8, 4) is 11.5 Å². The van der Waals surface area contributed by atoms with E-state index in [2.05, 4.69) is 0 Å². The number of aliphatic carboxylic acids is 1. The third kappa shape index (κ3) is 2.43. The second-order valence-electron chi connectivity index (χ2n) is 3.57. The number of carboxylic acids is 1. The minimum absolute atomic E-state index is 0.0918. The van der Waals surface area contributed by atoms with Gasteiger partial charge in [0.2, 0.25) is 5.60 Å². The molecule has 0 heterocycles. The van der Waals surface area contributed by atoms with Crippen LogP contribution in [-0.2, 0) is 10.4 Å². The second kappa shape index (κ2) is 4.96. The number of benzene rings is 1. The van der Waals surface area contributed by atoms with Crippen molar-refractivity contribution in [3.63, 3.8) is 0 Å². The lowest BCUT2D eigenvalue weighted by Crippen LogP contribution is -2.55. The van der Waals surface area contributed by atoms with Crippen LogP contribution in [0.2, 0.25) is 0 Å². The molecule has 0 saturated carbocycles. The van der Waals surface area contributed by atoms with Crippen LogP contribution in [0.5, 0.6) is 11.5 Å². The van der Waals surface area contributed by atoms with Crippen molar-refractivity contribution >= 4 is 5.97 Å². The topological polar surface area (TPSA) is 78.8 Å². The molecule has 0 aliphatic heterocycles. The molecule has 19 heavy (non-hydrogen) atoms. The summed E-state index contributed by atoms with van der Waals surface area (Å²) in [5.41, 5.74) is -5.05. The summed E-state index contributed by atoms with van der Waals surface area (Å²) in [4.78, 5) is 10.7. The van der Waals surface area contributed by atoms with Gasteiger partial charge in [0.1, 0.15) is 0 Å². The molecule has 5 nitrogen and oxygen atoms in total. The Bertz CT molecular complexity index is 486. The van der Waals surface area contributed by atoms with Crippen molar-refractivity contribution in [1.82, 2.24) is 0 Å². The van der Waals surface area contributed by atoms with E-state index >= 15 is 0 Å². The molecule has 1 atom stereocenters. The fraction of sp³-hybridized carbons (Fsp3) is 0.364. The molecule has 1 rings (SSSR count). The number of carbonyl (C=O) groups is 1. The van der Waals surface area contributed by atoms with Gasteiger partial charge < -0.3 is 24.5 Å². The number of ether oxygens (including phenoxy) is 2. The van der Waals surface area contributed by atoms with Gasteiger partial charge in [-0.3, -0.25) is 0 Å². The van der Waals surface area contributed by atoms with Gasteiger partial charge in [-0.05, 0) is 12.1 Å². The van der Waals surface area contributed by atoms with Crippen molar-refractivity contribution in [3.05, 3.63) is 23.8 Å². The molecule has 0 aliphatic carbocycles. The summed E-state index contributed by atoms with van der Waals surface area (Å²) in [6, 6.07) is 2.54. The van der Waals surface area contributed by atoms with E-state index in [0.29, 0.717) is 0 Å². The van der Waals surface area contributed by atoms with Crippen molar-refractivity contribution in [2.75, 3.05) is 14.2 Å². The fourth-order valence-corrected chi connectivity index (χ4v) is 1.46. The number of carboxylic acid groups (broad SMARTS) is 1. The highest BCUT2D eigenvalue weighted by molar-refractivity contribution is 5.78. The zero-order valence-electron chi connectivity index (χ0n) is 9.95. The quantitative estimate of drug-likeness (QED) is 0.852. The van der Waals surface area contributed by atoms with Crippen LogP contribution in [0, 0.1) is 0 Å². The minimum Gasteiger partial charge on any atom is -0.546 e. The van der Waals surface area contributed by atoms with Gasteiger partial charge in [-0.15, -0.1) is 0 Å². The fourth-order valence-electron chi connectivity index (χ4n) is 1.46. The number of alkyl halides is 3. The van der Waals surface area contributed by atoms with Gasteiger partial charge in [-0.2, -0.15) is 13.2 Å². The van der Waals surface area contributed by atoms with Crippen LogP contribution in [0.3, 0.4) is 0 Å². The first-order valence-corrected chi connectivity index (χ1v) is 4.91. The highest BCUT2D eigenvalue weighted by Gasteiger charge is 2.56. The zero-order valence-corrected chi connectivity index (χ0v) is 9.95. The van der Waals surface area contributed by atoms with E-state index < -0.39 is 23.3 Å². The van der Waals surface area contributed by atoms with Crippen LogP contribution in [0.25, 0.3) is 0 Å². The second-order valence-corrected chi connectivity index (χ2v) is 3.57. The molecule has 0 saturated heterocycles. The van der Waals surface area contributed by atoms with E-state index in [1.165, 1.54) is 7.11 Å². The molecule has 1 aromatic rings. The molecule has 0 unspecified atom stereocenters. The lowest BCUT2D eigenvalue weighted by Gasteiger charge is -2.31. The number of rotatable bonds is 4. The summed E-state index contributed by atoms with van der Waals surface area (Å²) in [7, 11) is 2.42. The lowest BCUT2D eigenvalue weighted by molar-refractivity contribution is -0.357. The van der Waals surface area contributed by atoms with Gasteiger partial charge in [0.25, 0.3) is 0 Å². The van der Waals surface area contributed by atoms with E-state index in [1.807, 2.05) is 0 Å². The average Bonchev–Trinajstić information content (AvgIpc) is 2.35. The number of carbonyl (C=O) groups excluding carboxylic acids is 1. The molecule has 0 aromatic heterocycles. The Hall–Kier alpha value is -1.96. The molecule has 0 fully saturated rings. The summed E-state index contributed by atoms with van der Waals surface area (Å²) < 4.78 is 47.7. The molecule has 0 radical (unpaired) electrons. The SMILES string of the molecule is COc1ccc([C@](O)(C(=O)[O-])C(F)(F)F)cc1OC. The first kappa shape index (κ1) is 15.1. The summed E-state index contributed by atoms with van der Waals surface area (Å²) >= 11 is 0. The molecule has 0 amide bonds. The molecule has 0 aliphatic rings. The highest BCUT2D eigenvalue weighted by atomic mass is 19.4. The summed E-state index contributed by atoms with van der Waals surface area (Å²) in [5.74, 6) is -2.73. The smallest absolute Gasteiger partial charge is 0.426 e. The summed E-state index contributed by atoms with van der Waals surface area (Å²) in [6.07, 6.45) is -5.44. The van der Waals surface area contributed by atoms with Gasteiger partial charge in [0.15, 0.2) is 11.5 Å². The Labute approximate surface area is 106 Å². The monoisotopic (exact) mass is 279 g/mol. The van der Waals surface area contributed by atoms with Crippen LogP contribution >= 0.6 is 0 Å². The zero-order chi connectivity index (χ0) is 14.8. The first-order chi connectivity index (χ1) is 8.68. The first-order valence-electron chi connectivity index (χ1n) is 4.91. The van der Waals surface area contributed by atoms with Gasteiger partial charge >= 0.3 is 6.18 Å². The Morgan fingerprint density at radius 1 is 1.21 bits per heavy atom. The van der Waals surface area contributed by atoms with Crippen molar-refractivity contribution < 1.29 is 37.7 Å². The molecule has 106 valence electrons. The van der Waals surface area contributed by atoms with E-state index in [4.69, 9.17) is 9.47 Å². The summed E-state index contributed by atoms with van der Waals surface area (Å²) in [6.45, 7) is 0. The molecular weight excluding hydrogens is 269 g/mol. The minimum atomic E-state index is -5.44. The van der Waals surface area contributed by atoms with Crippen LogP contribution < -0.4 is 14.6 Å². The van der Waals surface area contributed by atoms with Crippen LogP contribution in [0.1, 0.15) is 5.56 Å². The Kier molecular flexibility index (Phi) is 3.94. The third-order valence-electron chi connectivity index (χ3n) is 2.51. The van der Waals surface area contributed by atoms with Crippen LogP contribution in [0.4, 0.5) is 13.2 Å². The predicted octanol–water partition coefficient (Wildman–Crippen LogP) is 0.204. The Balaban J connectivity index is 3.45. The van der Waals surface area contributed by atoms with Gasteiger partial charge in [0.05, 0.1) is 20.2 Å². The van der Waals surface area contributed by atoms with Gasteiger partial charge in [-0.25, -0.2) is 0 Å². The Morgan fingerprint density at radius 3 is 2.11 bits per heavy atom. The molecule has 1 N–H and O–H groups in total. The Morgan fingerprint density at radius 2 is 1.74 bits per heavy atom. The largest absolute Gasteiger partial charge is 0.546 e. The van der Waals surface area contributed by atoms with Crippen LogP contribution in [0.15, 0.2) is 18.2 Å². The van der Waals surface area contributed by atoms with E-state index in [9.17, 15) is 28.2 Å². The molecule has 0 bridgehead atoms. The maximum atomic E-state index is 12.7.